The van der Waals surface area contributed by atoms with Gasteiger partial charge in [-0.2, -0.15) is 0 Å². The average molecular weight is 212 g/mol. The molecule has 0 aliphatic rings. The Balaban J connectivity index is 0. The van der Waals surface area contributed by atoms with Crippen molar-refractivity contribution >= 4 is 11.9 Å². The zero-order valence-electron chi connectivity index (χ0n) is 7.28. The lowest BCUT2D eigenvalue weighted by Crippen LogP contribution is -2.33. The lowest BCUT2D eigenvalue weighted by Gasteiger charge is -2.06. The molecule has 0 rings (SSSR count). The minimum absolute atomic E-state index is 0.727. The molecule has 0 bridgehead atoms. The fourth-order valence-corrected chi connectivity index (χ4v) is 0.0781. The van der Waals surface area contributed by atoms with E-state index in [9.17, 15) is 9.59 Å². The molecule has 14 heavy (non-hydrogen) atoms. The number of aliphatic hydroxyl groups excluding tert-OH is 2. The Hall–Kier alpha value is -1.22. The van der Waals surface area contributed by atoms with E-state index in [0.29, 0.717) is 0 Å². The van der Waals surface area contributed by atoms with Crippen LogP contribution in [0.1, 0.15) is 6.92 Å². The molecule has 84 valence electrons. The maximum Gasteiger partial charge on any atom is 0.363 e. The maximum atomic E-state index is 9.52. The van der Waals surface area contributed by atoms with Gasteiger partial charge < -0.3 is 30.6 Å². The molecular weight excluding hydrogens is 200 g/mol. The van der Waals surface area contributed by atoms with Crippen LogP contribution in [0.2, 0.25) is 0 Å². The zero-order valence-corrected chi connectivity index (χ0v) is 7.28. The van der Waals surface area contributed by atoms with Gasteiger partial charge in [-0.05, 0) is 0 Å². The molecule has 8 nitrogen and oxygen atoms in total. The van der Waals surface area contributed by atoms with Crippen molar-refractivity contribution in [2.24, 2.45) is 0 Å². The average Bonchev–Trinajstić information content (AvgIpc) is 2.02. The Labute approximate surface area is 78.7 Å². The first-order valence-electron chi connectivity index (χ1n) is 3.32. The van der Waals surface area contributed by atoms with Gasteiger partial charge in [-0.1, -0.05) is 0 Å². The van der Waals surface area contributed by atoms with E-state index < -0.39 is 30.4 Å². The summed E-state index contributed by atoms with van der Waals surface area (Å²) in [5.41, 5.74) is 0. The van der Waals surface area contributed by atoms with Gasteiger partial charge in [0.05, 0.1) is 6.61 Å². The second kappa shape index (κ2) is 6.27. The quantitative estimate of drug-likeness (QED) is 0.274. The molecular formula is C6H12O8. The van der Waals surface area contributed by atoms with Crippen LogP contribution >= 0.6 is 0 Å². The Morgan fingerprint density at radius 3 is 1.57 bits per heavy atom. The van der Waals surface area contributed by atoms with Crippen molar-refractivity contribution in [1.82, 2.24) is 0 Å². The summed E-state index contributed by atoms with van der Waals surface area (Å²) in [4.78, 5) is 19.0. The summed E-state index contributed by atoms with van der Waals surface area (Å²) in [6, 6.07) is 0. The molecule has 0 radical (unpaired) electrons. The van der Waals surface area contributed by atoms with Crippen molar-refractivity contribution in [2.45, 2.75) is 18.8 Å². The van der Waals surface area contributed by atoms with E-state index >= 15 is 0 Å². The molecule has 0 aromatic heterocycles. The first kappa shape index (κ1) is 15.3. The minimum Gasteiger partial charge on any atom is -0.479 e. The SMILES string of the molecule is CC(O)(O)C(=O)O.O=C(O)C(O)CO. The molecule has 0 aliphatic heterocycles. The van der Waals surface area contributed by atoms with Gasteiger partial charge in [0.15, 0.2) is 6.10 Å². The normalized spacial score (nSPS) is 12.4. The number of carboxylic acids is 2. The van der Waals surface area contributed by atoms with Crippen molar-refractivity contribution in [3.05, 3.63) is 0 Å². The van der Waals surface area contributed by atoms with Gasteiger partial charge in [0.25, 0.3) is 5.79 Å². The van der Waals surface area contributed by atoms with E-state index in [1.54, 1.807) is 0 Å². The Morgan fingerprint density at radius 1 is 1.29 bits per heavy atom. The summed E-state index contributed by atoms with van der Waals surface area (Å²) in [5.74, 6) is -5.63. The summed E-state index contributed by atoms with van der Waals surface area (Å²) < 4.78 is 0. The van der Waals surface area contributed by atoms with Crippen molar-refractivity contribution in [1.29, 1.82) is 0 Å². The third-order valence-corrected chi connectivity index (χ3v) is 0.863. The highest BCUT2D eigenvalue weighted by Crippen LogP contribution is 1.93. The Morgan fingerprint density at radius 2 is 1.57 bits per heavy atom. The second-order valence-electron chi connectivity index (χ2n) is 2.36. The molecule has 1 atom stereocenters. The van der Waals surface area contributed by atoms with E-state index in [0.717, 1.165) is 6.92 Å². The number of hydrogen-bond acceptors (Lipinski definition) is 6. The van der Waals surface area contributed by atoms with Gasteiger partial charge in [-0.25, -0.2) is 9.59 Å². The second-order valence-corrected chi connectivity index (χ2v) is 2.36. The fraction of sp³-hybridized carbons (Fsp3) is 0.667. The molecule has 0 saturated carbocycles. The molecule has 0 spiro atoms. The van der Waals surface area contributed by atoms with Crippen molar-refractivity contribution in [2.75, 3.05) is 6.61 Å². The molecule has 0 amide bonds. The largest absolute Gasteiger partial charge is 0.479 e. The summed E-state index contributed by atoms with van der Waals surface area (Å²) in [5, 5.41) is 47.6. The molecule has 0 fully saturated rings. The summed E-state index contributed by atoms with van der Waals surface area (Å²) in [6.45, 7) is 0.0463. The van der Waals surface area contributed by atoms with Crippen LogP contribution in [0.5, 0.6) is 0 Å². The Kier molecular flexibility index (Phi) is 6.83. The number of aliphatic carboxylic acids is 2. The van der Waals surface area contributed by atoms with E-state index in [4.69, 9.17) is 30.6 Å². The predicted molar refractivity (Wildman–Crippen MR) is 41.2 cm³/mol. The predicted octanol–water partition coefficient (Wildman–Crippen LogP) is -2.80. The lowest BCUT2D eigenvalue weighted by atomic mass is 10.3. The number of carboxylic acid groups (broad SMARTS) is 2. The van der Waals surface area contributed by atoms with Crippen LogP contribution < -0.4 is 0 Å². The van der Waals surface area contributed by atoms with Crippen molar-refractivity contribution < 1.29 is 40.2 Å². The number of hydrogen-bond donors (Lipinski definition) is 6. The zero-order chi connectivity index (χ0) is 11.9. The highest BCUT2D eigenvalue weighted by Gasteiger charge is 2.24. The van der Waals surface area contributed by atoms with Crippen LogP contribution in [0.25, 0.3) is 0 Å². The van der Waals surface area contributed by atoms with E-state index in [1.807, 2.05) is 0 Å². The van der Waals surface area contributed by atoms with Gasteiger partial charge in [-0.15, -0.1) is 0 Å². The van der Waals surface area contributed by atoms with Crippen LogP contribution in [0, 0.1) is 0 Å². The summed E-state index contributed by atoms with van der Waals surface area (Å²) >= 11 is 0. The molecule has 8 heteroatoms. The molecule has 1 unspecified atom stereocenters. The van der Waals surface area contributed by atoms with Gasteiger partial charge in [0, 0.05) is 6.92 Å². The Bertz CT molecular complexity index is 192. The minimum atomic E-state index is -2.58. The molecule has 0 saturated heterocycles. The third kappa shape index (κ3) is 8.87. The summed E-state index contributed by atoms with van der Waals surface area (Å²) in [7, 11) is 0. The van der Waals surface area contributed by atoms with Crippen LogP contribution in [0.4, 0.5) is 0 Å². The number of rotatable bonds is 3. The lowest BCUT2D eigenvalue weighted by molar-refractivity contribution is -0.196. The number of carbonyl (C=O) groups is 2. The summed E-state index contributed by atoms with van der Waals surface area (Å²) in [6.07, 6.45) is -1.63. The van der Waals surface area contributed by atoms with E-state index in [2.05, 4.69) is 0 Å². The van der Waals surface area contributed by atoms with Crippen molar-refractivity contribution in [3.63, 3.8) is 0 Å². The van der Waals surface area contributed by atoms with Gasteiger partial charge in [0.1, 0.15) is 0 Å². The molecule has 0 heterocycles. The highest BCUT2D eigenvalue weighted by atomic mass is 16.5. The maximum absolute atomic E-state index is 9.52. The van der Waals surface area contributed by atoms with Gasteiger partial charge >= 0.3 is 11.9 Å². The fourth-order valence-electron chi connectivity index (χ4n) is 0.0781. The smallest absolute Gasteiger partial charge is 0.363 e. The monoisotopic (exact) mass is 212 g/mol. The van der Waals surface area contributed by atoms with Crippen LogP contribution in [-0.4, -0.2) is 61.1 Å². The topological polar surface area (TPSA) is 156 Å². The number of aliphatic hydroxyl groups is 4. The third-order valence-electron chi connectivity index (χ3n) is 0.863. The van der Waals surface area contributed by atoms with Gasteiger partial charge in [0.2, 0.25) is 0 Å². The van der Waals surface area contributed by atoms with E-state index in [-0.39, 0.29) is 0 Å². The molecule has 6 N–H and O–H groups in total. The van der Waals surface area contributed by atoms with Crippen LogP contribution in [0.15, 0.2) is 0 Å². The van der Waals surface area contributed by atoms with Gasteiger partial charge in [-0.3, -0.25) is 0 Å². The van der Waals surface area contributed by atoms with Crippen LogP contribution in [0.3, 0.4) is 0 Å². The highest BCUT2D eigenvalue weighted by molar-refractivity contribution is 5.74. The molecule has 0 aromatic carbocycles. The standard InChI is InChI=1S/2C3H6O4/c1-3(6,7)2(4)5;4-1-2(5)3(6)7/h6-7H,1H3,(H,4,5);2,4-5H,1H2,(H,6,7). The van der Waals surface area contributed by atoms with Crippen LogP contribution in [-0.2, 0) is 9.59 Å². The van der Waals surface area contributed by atoms with Crippen molar-refractivity contribution in [3.8, 4) is 0 Å². The first-order valence-corrected chi connectivity index (χ1v) is 3.32. The first-order chi connectivity index (χ1) is 6.12. The molecule has 0 aromatic rings. The molecule has 0 aliphatic carbocycles. The van der Waals surface area contributed by atoms with E-state index in [1.165, 1.54) is 0 Å².